The summed E-state index contributed by atoms with van der Waals surface area (Å²) in [5.41, 5.74) is 1.92. The Morgan fingerprint density at radius 2 is 1.57 bits per heavy atom. The molecule has 0 unspecified atom stereocenters. The number of benzene rings is 2. The molecule has 6 nitrogen and oxygen atoms in total. The van der Waals surface area contributed by atoms with Gasteiger partial charge in [-0.05, 0) is 60.9 Å². The number of anilines is 1. The standard InChI is InChI=1S/C21H22N2O4S/c1-16(24)22-19-9-4-17(5-10-19)6-13-21(25)18-7-11-20(12-8-18)28(26,27)23-14-2-3-15-23/h4-13H,2-3,14-15H2,1H3,(H,22,24)/b13-6+. The van der Waals surface area contributed by atoms with Gasteiger partial charge in [0.2, 0.25) is 15.9 Å². The molecule has 1 aliphatic rings. The number of nitrogens with zero attached hydrogens (tertiary/aromatic N) is 1. The lowest BCUT2D eigenvalue weighted by atomic mass is 10.1. The minimum atomic E-state index is -3.48. The van der Waals surface area contributed by atoms with Crippen LogP contribution in [0.2, 0.25) is 0 Å². The van der Waals surface area contributed by atoms with E-state index >= 15 is 0 Å². The Morgan fingerprint density at radius 3 is 2.14 bits per heavy atom. The van der Waals surface area contributed by atoms with Crippen molar-refractivity contribution in [2.75, 3.05) is 18.4 Å². The van der Waals surface area contributed by atoms with Gasteiger partial charge in [-0.1, -0.05) is 18.2 Å². The lowest BCUT2D eigenvalue weighted by molar-refractivity contribution is -0.114. The second-order valence-corrected chi connectivity index (χ2v) is 8.57. The van der Waals surface area contributed by atoms with Crippen LogP contribution in [0.5, 0.6) is 0 Å². The molecule has 3 rings (SSSR count). The third-order valence-corrected chi connectivity index (χ3v) is 6.41. The maximum atomic E-state index is 12.5. The van der Waals surface area contributed by atoms with Gasteiger partial charge in [-0.2, -0.15) is 4.31 Å². The summed E-state index contributed by atoms with van der Waals surface area (Å²) in [4.78, 5) is 23.6. The molecule has 0 saturated carbocycles. The van der Waals surface area contributed by atoms with E-state index < -0.39 is 10.0 Å². The highest BCUT2D eigenvalue weighted by atomic mass is 32.2. The molecule has 0 aromatic heterocycles. The molecular weight excluding hydrogens is 376 g/mol. The summed E-state index contributed by atoms with van der Waals surface area (Å²) in [5.74, 6) is -0.357. The van der Waals surface area contributed by atoms with E-state index in [0.29, 0.717) is 24.3 Å². The van der Waals surface area contributed by atoms with E-state index in [4.69, 9.17) is 0 Å². The lowest BCUT2D eigenvalue weighted by Crippen LogP contribution is -2.27. The Kier molecular flexibility index (Phi) is 6.06. The molecule has 0 atom stereocenters. The highest BCUT2D eigenvalue weighted by Gasteiger charge is 2.26. The minimum Gasteiger partial charge on any atom is -0.326 e. The number of allylic oxidation sites excluding steroid dienone is 1. The summed E-state index contributed by atoms with van der Waals surface area (Å²) in [5, 5.41) is 2.68. The van der Waals surface area contributed by atoms with Crippen LogP contribution in [-0.2, 0) is 14.8 Å². The topological polar surface area (TPSA) is 83.5 Å². The van der Waals surface area contributed by atoms with E-state index in [1.165, 1.54) is 41.6 Å². The van der Waals surface area contributed by atoms with Crippen LogP contribution in [0.25, 0.3) is 6.08 Å². The van der Waals surface area contributed by atoms with Gasteiger partial charge in [-0.3, -0.25) is 9.59 Å². The molecule has 0 spiro atoms. The highest BCUT2D eigenvalue weighted by Crippen LogP contribution is 2.21. The quantitative estimate of drug-likeness (QED) is 0.598. The predicted octanol–water partition coefficient (Wildman–Crippen LogP) is 3.33. The van der Waals surface area contributed by atoms with Gasteiger partial charge in [-0.15, -0.1) is 0 Å². The fourth-order valence-corrected chi connectivity index (χ4v) is 4.53. The third-order valence-electron chi connectivity index (χ3n) is 4.50. The Hall–Kier alpha value is -2.77. The summed E-state index contributed by atoms with van der Waals surface area (Å²) in [6.07, 6.45) is 4.88. The third kappa shape index (κ3) is 4.74. The molecule has 1 aliphatic heterocycles. The van der Waals surface area contributed by atoms with Gasteiger partial charge in [0.05, 0.1) is 4.90 Å². The van der Waals surface area contributed by atoms with Crippen molar-refractivity contribution in [2.24, 2.45) is 0 Å². The molecule has 146 valence electrons. The largest absolute Gasteiger partial charge is 0.326 e. The van der Waals surface area contributed by atoms with Crippen molar-refractivity contribution in [3.05, 3.63) is 65.7 Å². The number of carbonyl (C=O) groups is 2. The molecule has 1 amide bonds. The minimum absolute atomic E-state index is 0.145. The second-order valence-electron chi connectivity index (χ2n) is 6.64. The Labute approximate surface area is 164 Å². The van der Waals surface area contributed by atoms with Crippen molar-refractivity contribution in [3.63, 3.8) is 0 Å². The van der Waals surface area contributed by atoms with Crippen molar-refractivity contribution in [3.8, 4) is 0 Å². The number of ketones is 1. The average Bonchev–Trinajstić information content (AvgIpc) is 3.22. The maximum absolute atomic E-state index is 12.5. The number of rotatable bonds is 6. The number of sulfonamides is 1. The van der Waals surface area contributed by atoms with E-state index in [9.17, 15) is 18.0 Å². The fraction of sp³-hybridized carbons (Fsp3) is 0.238. The van der Waals surface area contributed by atoms with E-state index in [2.05, 4.69) is 5.32 Å². The van der Waals surface area contributed by atoms with Crippen LogP contribution in [0, 0.1) is 0 Å². The van der Waals surface area contributed by atoms with E-state index in [0.717, 1.165) is 18.4 Å². The van der Waals surface area contributed by atoms with Crippen LogP contribution in [0.3, 0.4) is 0 Å². The smallest absolute Gasteiger partial charge is 0.243 e. The SMILES string of the molecule is CC(=O)Nc1ccc(/C=C/C(=O)c2ccc(S(=O)(=O)N3CCCC3)cc2)cc1. The molecule has 0 bridgehead atoms. The number of nitrogens with one attached hydrogen (secondary N) is 1. The normalized spacial score (nSPS) is 15.0. The zero-order valence-electron chi connectivity index (χ0n) is 15.6. The molecule has 2 aromatic rings. The summed E-state index contributed by atoms with van der Waals surface area (Å²) in [6, 6.07) is 13.1. The maximum Gasteiger partial charge on any atom is 0.243 e. The zero-order valence-corrected chi connectivity index (χ0v) is 16.4. The fourth-order valence-electron chi connectivity index (χ4n) is 3.02. The van der Waals surface area contributed by atoms with Crippen LogP contribution in [-0.4, -0.2) is 37.5 Å². The Bertz CT molecular complexity index is 988. The molecule has 2 aromatic carbocycles. The summed E-state index contributed by atoms with van der Waals surface area (Å²) in [7, 11) is -3.48. The Balaban J connectivity index is 1.67. The first kappa shape index (κ1) is 20.0. The van der Waals surface area contributed by atoms with Crippen molar-refractivity contribution in [2.45, 2.75) is 24.7 Å². The van der Waals surface area contributed by atoms with E-state index in [-0.39, 0.29) is 16.6 Å². The molecule has 0 radical (unpaired) electrons. The molecule has 1 fully saturated rings. The van der Waals surface area contributed by atoms with E-state index in [1.54, 1.807) is 30.3 Å². The molecular formula is C21H22N2O4S. The van der Waals surface area contributed by atoms with Gasteiger partial charge in [0.25, 0.3) is 0 Å². The molecule has 28 heavy (non-hydrogen) atoms. The monoisotopic (exact) mass is 398 g/mol. The van der Waals surface area contributed by atoms with Crippen LogP contribution >= 0.6 is 0 Å². The van der Waals surface area contributed by atoms with Gasteiger partial charge in [0, 0.05) is 31.3 Å². The molecule has 1 heterocycles. The second kappa shape index (κ2) is 8.50. The van der Waals surface area contributed by atoms with Crippen LogP contribution in [0.4, 0.5) is 5.69 Å². The lowest BCUT2D eigenvalue weighted by Gasteiger charge is -2.15. The molecule has 1 saturated heterocycles. The first-order valence-corrected chi connectivity index (χ1v) is 10.5. The first-order chi connectivity index (χ1) is 13.4. The molecule has 0 aliphatic carbocycles. The highest BCUT2D eigenvalue weighted by molar-refractivity contribution is 7.89. The molecule has 7 heteroatoms. The van der Waals surface area contributed by atoms with Crippen LogP contribution in [0.15, 0.2) is 59.5 Å². The number of amides is 1. The first-order valence-electron chi connectivity index (χ1n) is 9.06. The van der Waals surface area contributed by atoms with Gasteiger partial charge >= 0.3 is 0 Å². The Morgan fingerprint density at radius 1 is 0.964 bits per heavy atom. The van der Waals surface area contributed by atoms with Crippen LogP contribution in [0.1, 0.15) is 35.7 Å². The van der Waals surface area contributed by atoms with Crippen molar-refractivity contribution in [1.82, 2.24) is 4.31 Å². The summed E-state index contributed by atoms with van der Waals surface area (Å²) < 4.78 is 26.5. The average molecular weight is 398 g/mol. The summed E-state index contributed by atoms with van der Waals surface area (Å²) >= 11 is 0. The van der Waals surface area contributed by atoms with Gasteiger partial charge in [0.1, 0.15) is 0 Å². The predicted molar refractivity (Wildman–Crippen MR) is 109 cm³/mol. The van der Waals surface area contributed by atoms with Crippen molar-refractivity contribution >= 4 is 33.5 Å². The number of hydrogen-bond acceptors (Lipinski definition) is 4. The number of hydrogen-bond donors (Lipinski definition) is 1. The van der Waals surface area contributed by atoms with E-state index in [1.807, 2.05) is 0 Å². The van der Waals surface area contributed by atoms with Crippen LogP contribution < -0.4 is 5.32 Å². The summed E-state index contributed by atoms with van der Waals surface area (Å²) in [6.45, 7) is 2.53. The van der Waals surface area contributed by atoms with Gasteiger partial charge in [-0.25, -0.2) is 8.42 Å². The van der Waals surface area contributed by atoms with Crippen molar-refractivity contribution < 1.29 is 18.0 Å². The van der Waals surface area contributed by atoms with Gasteiger partial charge < -0.3 is 5.32 Å². The van der Waals surface area contributed by atoms with Gasteiger partial charge in [0.15, 0.2) is 5.78 Å². The number of carbonyl (C=O) groups excluding carboxylic acids is 2. The molecule has 1 N–H and O–H groups in total. The zero-order chi connectivity index (χ0) is 20.1. The van der Waals surface area contributed by atoms with Crippen molar-refractivity contribution in [1.29, 1.82) is 0 Å².